The summed E-state index contributed by atoms with van der Waals surface area (Å²) in [7, 11) is 0. The van der Waals surface area contributed by atoms with Gasteiger partial charge in [-0.2, -0.15) is 0 Å². The summed E-state index contributed by atoms with van der Waals surface area (Å²) in [5, 5.41) is 9.15. The molecule has 1 saturated heterocycles. The van der Waals surface area contributed by atoms with Crippen LogP contribution in [0.4, 0.5) is 4.79 Å². The molecule has 1 rings (SSSR count). The number of aliphatic hydroxyl groups excluding tert-OH is 1. The molecule has 0 aromatic carbocycles. The van der Waals surface area contributed by atoms with Gasteiger partial charge in [-0.3, -0.25) is 4.90 Å². The maximum atomic E-state index is 11.3. The van der Waals surface area contributed by atoms with Gasteiger partial charge < -0.3 is 9.84 Å². The molecule has 1 N–H and O–H groups in total. The number of carbonyl (C=O) groups excluding carboxylic acids is 1. The lowest BCUT2D eigenvalue weighted by Gasteiger charge is -2.31. The smallest absolute Gasteiger partial charge is 0.410 e. The van der Waals surface area contributed by atoms with Crippen molar-refractivity contribution in [1.82, 2.24) is 4.90 Å². The van der Waals surface area contributed by atoms with Crippen molar-refractivity contribution in [2.24, 2.45) is 5.92 Å². The molecular formula is C9H17NO3. The van der Waals surface area contributed by atoms with Crippen LogP contribution in [0.15, 0.2) is 0 Å². The highest BCUT2D eigenvalue weighted by molar-refractivity contribution is 5.71. The number of aliphatic hydroxyl groups is 1. The topological polar surface area (TPSA) is 49.8 Å². The van der Waals surface area contributed by atoms with Gasteiger partial charge in [-0.15, -0.1) is 0 Å². The lowest BCUT2D eigenvalue weighted by atomic mass is 10.0. The van der Waals surface area contributed by atoms with E-state index in [-0.39, 0.29) is 19.3 Å². The Bertz CT molecular complexity index is 205. The normalized spacial score (nSPS) is 28.4. The number of rotatable bonds is 3. The van der Waals surface area contributed by atoms with E-state index < -0.39 is 5.54 Å². The number of carbonyl (C=O) groups is 1. The van der Waals surface area contributed by atoms with E-state index in [2.05, 4.69) is 0 Å². The summed E-state index contributed by atoms with van der Waals surface area (Å²) in [4.78, 5) is 12.9. The van der Waals surface area contributed by atoms with Gasteiger partial charge in [0.25, 0.3) is 0 Å². The zero-order valence-electron chi connectivity index (χ0n) is 8.41. The summed E-state index contributed by atoms with van der Waals surface area (Å²) < 4.78 is 4.90. The van der Waals surface area contributed by atoms with E-state index in [9.17, 15) is 4.79 Å². The lowest BCUT2D eigenvalue weighted by molar-refractivity contribution is 0.0927. The van der Waals surface area contributed by atoms with Gasteiger partial charge in [-0.05, 0) is 12.8 Å². The number of hydrogen-bond donors (Lipinski definition) is 1. The third-order valence-corrected chi connectivity index (χ3v) is 2.27. The monoisotopic (exact) mass is 187 g/mol. The quantitative estimate of drug-likeness (QED) is 0.712. The summed E-state index contributed by atoms with van der Waals surface area (Å²) in [6.07, 6.45) is -0.315. The second-order valence-electron chi connectivity index (χ2n) is 4.21. The average molecular weight is 187 g/mol. The van der Waals surface area contributed by atoms with Crippen LogP contribution in [-0.2, 0) is 4.74 Å². The van der Waals surface area contributed by atoms with Crippen LogP contribution in [-0.4, -0.2) is 41.4 Å². The van der Waals surface area contributed by atoms with Crippen molar-refractivity contribution in [3.8, 4) is 0 Å². The Morgan fingerprint density at radius 3 is 2.77 bits per heavy atom. The summed E-state index contributed by atoms with van der Waals surface area (Å²) >= 11 is 0. The maximum Gasteiger partial charge on any atom is 0.410 e. The van der Waals surface area contributed by atoms with E-state index in [0.29, 0.717) is 12.5 Å². The molecule has 0 aliphatic carbocycles. The molecule has 1 unspecified atom stereocenters. The van der Waals surface area contributed by atoms with Gasteiger partial charge in [-0.25, -0.2) is 4.79 Å². The SMILES string of the molecule is CC(C)CN1C(=O)OCC1(C)CO. The van der Waals surface area contributed by atoms with Gasteiger partial charge >= 0.3 is 6.09 Å². The van der Waals surface area contributed by atoms with E-state index >= 15 is 0 Å². The summed E-state index contributed by atoms with van der Waals surface area (Å²) in [6.45, 7) is 6.77. The standard InChI is InChI=1S/C9H17NO3/c1-7(2)4-10-8(12)13-6-9(10,3)5-11/h7,11H,4-6H2,1-3H3. The van der Waals surface area contributed by atoms with E-state index in [4.69, 9.17) is 9.84 Å². The summed E-state index contributed by atoms with van der Waals surface area (Å²) in [5.41, 5.74) is -0.526. The molecule has 0 aromatic heterocycles. The van der Waals surface area contributed by atoms with Crippen molar-refractivity contribution >= 4 is 6.09 Å². The number of nitrogens with zero attached hydrogens (tertiary/aromatic N) is 1. The minimum atomic E-state index is -0.526. The predicted molar refractivity (Wildman–Crippen MR) is 48.4 cm³/mol. The highest BCUT2D eigenvalue weighted by Gasteiger charge is 2.43. The third-order valence-electron chi connectivity index (χ3n) is 2.27. The first-order valence-corrected chi connectivity index (χ1v) is 4.55. The van der Waals surface area contributed by atoms with Crippen LogP contribution < -0.4 is 0 Å². The zero-order chi connectivity index (χ0) is 10.1. The molecule has 76 valence electrons. The van der Waals surface area contributed by atoms with E-state index in [1.54, 1.807) is 4.90 Å². The Morgan fingerprint density at radius 2 is 2.31 bits per heavy atom. The van der Waals surface area contributed by atoms with Crippen molar-refractivity contribution in [2.75, 3.05) is 19.8 Å². The van der Waals surface area contributed by atoms with Crippen molar-refractivity contribution in [1.29, 1.82) is 0 Å². The molecule has 4 nitrogen and oxygen atoms in total. The fourth-order valence-electron chi connectivity index (χ4n) is 1.38. The summed E-state index contributed by atoms with van der Waals surface area (Å²) in [6, 6.07) is 0. The second kappa shape index (κ2) is 3.54. The molecule has 13 heavy (non-hydrogen) atoms. The van der Waals surface area contributed by atoms with Crippen LogP contribution in [0.3, 0.4) is 0 Å². The molecule has 1 atom stereocenters. The highest BCUT2D eigenvalue weighted by atomic mass is 16.6. The molecule has 0 saturated carbocycles. The largest absolute Gasteiger partial charge is 0.447 e. The Hall–Kier alpha value is -0.770. The number of hydrogen-bond acceptors (Lipinski definition) is 3. The first-order valence-electron chi connectivity index (χ1n) is 4.55. The van der Waals surface area contributed by atoms with Crippen molar-refractivity contribution < 1.29 is 14.6 Å². The number of amides is 1. The van der Waals surface area contributed by atoms with Gasteiger partial charge in [0.15, 0.2) is 0 Å². The van der Waals surface area contributed by atoms with Crippen LogP contribution in [0.2, 0.25) is 0 Å². The van der Waals surface area contributed by atoms with Crippen molar-refractivity contribution in [3.05, 3.63) is 0 Å². The van der Waals surface area contributed by atoms with Crippen LogP contribution in [0, 0.1) is 5.92 Å². The summed E-state index contributed by atoms with van der Waals surface area (Å²) in [5.74, 6) is 0.386. The predicted octanol–water partition coefficient (Wildman–Crippen LogP) is 0.846. The van der Waals surface area contributed by atoms with E-state index in [1.165, 1.54) is 0 Å². The van der Waals surface area contributed by atoms with Crippen LogP contribution >= 0.6 is 0 Å². The molecule has 1 aliphatic heterocycles. The molecule has 0 spiro atoms. The van der Waals surface area contributed by atoms with Gasteiger partial charge in [0.2, 0.25) is 0 Å². The van der Waals surface area contributed by atoms with Crippen LogP contribution in [0.1, 0.15) is 20.8 Å². The van der Waals surface area contributed by atoms with Gasteiger partial charge in [0.05, 0.1) is 6.61 Å². The molecule has 0 bridgehead atoms. The zero-order valence-corrected chi connectivity index (χ0v) is 8.41. The van der Waals surface area contributed by atoms with E-state index in [1.807, 2.05) is 20.8 Å². The lowest BCUT2D eigenvalue weighted by Crippen LogP contribution is -2.49. The molecule has 1 fully saturated rings. The second-order valence-corrected chi connectivity index (χ2v) is 4.21. The van der Waals surface area contributed by atoms with Gasteiger partial charge in [-0.1, -0.05) is 13.8 Å². The Balaban J connectivity index is 2.71. The fourth-order valence-corrected chi connectivity index (χ4v) is 1.38. The molecule has 0 aromatic rings. The highest BCUT2D eigenvalue weighted by Crippen LogP contribution is 2.24. The maximum absolute atomic E-state index is 11.3. The third kappa shape index (κ3) is 1.94. The van der Waals surface area contributed by atoms with Crippen LogP contribution in [0.25, 0.3) is 0 Å². The molecule has 1 aliphatic rings. The molecule has 0 radical (unpaired) electrons. The Morgan fingerprint density at radius 1 is 1.69 bits per heavy atom. The van der Waals surface area contributed by atoms with Gasteiger partial charge in [0.1, 0.15) is 12.1 Å². The first-order chi connectivity index (χ1) is 5.99. The first kappa shape index (κ1) is 10.3. The molecule has 1 heterocycles. The van der Waals surface area contributed by atoms with Crippen molar-refractivity contribution in [3.63, 3.8) is 0 Å². The minimum Gasteiger partial charge on any atom is -0.447 e. The van der Waals surface area contributed by atoms with Gasteiger partial charge in [0, 0.05) is 6.54 Å². The Kier molecular flexibility index (Phi) is 2.81. The fraction of sp³-hybridized carbons (Fsp3) is 0.889. The molecular weight excluding hydrogens is 170 g/mol. The Labute approximate surface area is 78.5 Å². The number of ether oxygens (including phenoxy) is 1. The number of cyclic esters (lactones) is 1. The average Bonchev–Trinajstić information content (AvgIpc) is 2.33. The van der Waals surface area contributed by atoms with E-state index in [0.717, 1.165) is 0 Å². The van der Waals surface area contributed by atoms with Crippen LogP contribution in [0.5, 0.6) is 0 Å². The minimum absolute atomic E-state index is 0.0501. The molecule has 4 heteroatoms. The molecule has 1 amide bonds. The van der Waals surface area contributed by atoms with Crippen molar-refractivity contribution in [2.45, 2.75) is 26.3 Å².